The van der Waals surface area contributed by atoms with E-state index in [2.05, 4.69) is 10.3 Å². The second-order valence-corrected chi connectivity index (χ2v) is 5.31. The van der Waals surface area contributed by atoms with Crippen molar-refractivity contribution in [2.24, 2.45) is 0 Å². The Morgan fingerprint density at radius 1 is 1.25 bits per heavy atom. The Hall–Kier alpha value is -0.610. The van der Waals surface area contributed by atoms with Crippen LogP contribution in [-0.4, -0.2) is 12.0 Å². The molecular formula is C11H10Cl2N2S. The summed E-state index contributed by atoms with van der Waals surface area (Å²) in [7, 11) is 1.91. The van der Waals surface area contributed by atoms with Gasteiger partial charge in [-0.2, -0.15) is 0 Å². The van der Waals surface area contributed by atoms with Gasteiger partial charge in [0.15, 0.2) is 0 Å². The highest BCUT2D eigenvalue weighted by atomic mass is 35.5. The number of halogens is 2. The SMILES string of the molecule is CNCc1cnc(-c2cc(Cl)cc(Cl)c2)s1. The summed E-state index contributed by atoms with van der Waals surface area (Å²) in [5, 5.41) is 5.29. The van der Waals surface area contributed by atoms with Crippen LogP contribution in [-0.2, 0) is 6.54 Å². The Morgan fingerprint density at radius 2 is 1.94 bits per heavy atom. The van der Waals surface area contributed by atoms with Gasteiger partial charge in [-0.1, -0.05) is 23.2 Å². The summed E-state index contributed by atoms with van der Waals surface area (Å²) in [5.74, 6) is 0. The summed E-state index contributed by atoms with van der Waals surface area (Å²) >= 11 is 13.5. The molecule has 0 amide bonds. The smallest absolute Gasteiger partial charge is 0.123 e. The van der Waals surface area contributed by atoms with Crippen molar-refractivity contribution in [2.75, 3.05) is 7.05 Å². The van der Waals surface area contributed by atoms with Gasteiger partial charge < -0.3 is 5.32 Å². The van der Waals surface area contributed by atoms with Gasteiger partial charge in [0, 0.05) is 33.2 Å². The zero-order valence-electron chi connectivity index (χ0n) is 8.63. The predicted molar refractivity (Wildman–Crippen MR) is 70.3 cm³/mol. The quantitative estimate of drug-likeness (QED) is 0.919. The molecule has 0 spiro atoms. The molecule has 5 heteroatoms. The first-order chi connectivity index (χ1) is 7.69. The molecule has 2 rings (SSSR count). The third kappa shape index (κ3) is 2.74. The van der Waals surface area contributed by atoms with Gasteiger partial charge in [-0.05, 0) is 25.2 Å². The second kappa shape index (κ2) is 5.15. The zero-order chi connectivity index (χ0) is 11.5. The van der Waals surface area contributed by atoms with E-state index in [4.69, 9.17) is 23.2 Å². The van der Waals surface area contributed by atoms with Crippen molar-refractivity contribution in [1.82, 2.24) is 10.3 Å². The monoisotopic (exact) mass is 272 g/mol. The van der Waals surface area contributed by atoms with Crippen molar-refractivity contribution >= 4 is 34.5 Å². The fourth-order valence-electron chi connectivity index (χ4n) is 1.37. The van der Waals surface area contributed by atoms with Crippen LogP contribution in [0.25, 0.3) is 10.6 Å². The highest BCUT2D eigenvalue weighted by Gasteiger charge is 2.06. The Labute approximate surface area is 108 Å². The van der Waals surface area contributed by atoms with Crippen LogP contribution < -0.4 is 5.32 Å². The second-order valence-electron chi connectivity index (χ2n) is 3.32. The van der Waals surface area contributed by atoms with E-state index < -0.39 is 0 Å². The number of nitrogens with zero attached hydrogens (tertiary/aromatic N) is 1. The first-order valence-corrected chi connectivity index (χ1v) is 6.32. The molecule has 1 heterocycles. The fourth-order valence-corrected chi connectivity index (χ4v) is 2.81. The molecule has 2 nitrogen and oxygen atoms in total. The minimum absolute atomic E-state index is 0.632. The molecule has 0 radical (unpaired) electrons. The highest BCUT2D eigenvalue weighted by Crippen LogP contribution is 2.30. The molecular weight excluding hydrogens is 263 g/mol. The van der Waals surface area contributed by atoms with E-state index in [1.165, 1.54) is 4.88 Å². The first kappa shape index (κ1) is 11.9. The largest absolute Gasteiger partial charge is 0.315 e. The van der Waals surface area contributed by atoms with Crippen molar-refractivity contribution in [3.05, 3.63) is 39.3 Å². The third-order valence-corrected chi connectivity index (χ3v) is 3.50. The predicted octanol–water partition coefficient (Wildman–Crippen LogP) is 3.84. The molecule has 0 aliphatic carbocycles. The lowest BCUT2D eigenvalue weighted by Gasteiger charge is -1.98. The lowest BCUT2D eigenvalue weighted by molar-refractivity contribution is 0.829. The minimum Gasteiger partial charge on any atom is -0.315 e. The summed E-state index contributed by atoms with van der Waals surface area (Å²) in [5.41, 5.74) is 0.963. The third-order valence-electron chi connectivity index (χ3n) is 2.01. The summed E-state index contributed by atoms with van der Waals surface area (Å²) in [6, 6.07) is 5.46. The van der Waals surface area contributed by atoms with Crippen molar-refractivity contribution in [3.63, 3.8) is 0 Å². The number of thiazole rings is 1. The van der Waals surface area contributed by atoms with Gasteiger partial charge in [-0.25, -0.2) is 4.98 Å². The summed E-state index contributed by atoms with van der Waals surface area (Å²) in [6.07, 6.45) is 1.87. The number of nitrogens with one attached hydrogen (secondary N) is 1. The van der Waals surface area contributed by atoms with Gasteiger partial charge in [0.05, 0.1) is 0 Å². The summed E-state index contributed by atoms with van der Waals surface area (Å²) < 4.78 is 0. The average Bonchev–Trinajstić information content (AvgIpc) is 2.65. The fraction of sp³-hybridized carbons (Fsp3) is 0.182. The molecule has 0 bridgehead atoms. The number of rotatable bonds is 3. The van der Waals surface area contributed by atoms with Crippen molar-refractivity contribution in [2.45, 2.75) is 6.54 Å². The molecule has 0 aliphatic heterocycles. The van der Waals surface area contributed by atoms with Crippen LogP contribution in [0, 0.1) is 0 Å². The maximum Gasteiger partial charge on any atom is 0.123 e. The van der Waals surface area contributed by atoms with Gasteiger partial charge >= 0.3 is 0 Å². The van der Waals surface area contributed by atoms with Gasteiger partial charge in [0.2, 0.25) is 0 Å². The van der Waals surface area contributed by atoms with Gasteiger partial charge in [-0.3, -0.25) is 0 Å². The molecule has 0 saturated heterocycles. The number of hydrogen-bond acceptors (Lipinski definition) is 3. The molecule has 16 heavy (non-hydrogen) atoms. The molecule has 0 unspecified atom stereocenters. The number of benzene rings is 1. The summed E-state index contributed by atoms with van der Waals surface area (Å²) in [6.45, 7) is 0.825. The van der Waals surface area contributed by atoms with Crippen LogP contribution in [0.3, 0.4) is 0 Å². The minimum atomic E-state index is 0.632. The molecule has 1 aromatic heterocycles. The standard InChI is InChI=1S/C11H10Cl2N2S/c1-14-5-10-6-15-11(16-10)7-2-8(12)4-9(13)3-7/h2-4,6,14H,5H2,1H3. The van der Waals surface area contributed by atoms with Crippen LogP contribution in [0.15, 0.2) is 24.4 Å². The molecule has 0 saturated carbocycles. The van der Waals surface area contributed by atoms with E-state index in [-0.39, 0.29) is 0 Å². The van der Waals surface area contributed by atoms with Crippen molar-refractivity contribution in [1.29, 1.82) is 0 Å². The van der Waals surface area contributed by atoms with E-state index in [9.17, 15) is 0 Å². The first-order valence-electron chi connectivity index (χ1n) is 4.75. The Bertz CT molecular complexity index is 476. The Balaban J connectivity index is 2.34. The van der Waals surface area contributed by atoms with Gasteiger partial charge in [0.1, 0.15) is 5.01 Å². The van der Waals surface area contributed by atoms with Crippen LogP contribution in [0.5, 0.6) is 0 Å². The molecule has 84 valence electrons. The molecule has 2 aromatic rings. The van der Waals surface area contributed by atoms with Crippen LogP contribution in [0.1, 0.15) is 4.88 Å². The van der Waals surface area contributed by atoms with E-state index >= 15 is 0 Å². The lowest BCUT2D eigenvalue weighted by Crippen LogP contribution is -2.02. The molecule has 1 aromatic carbocycles. The summed E-state index contributed by atoms with van der Waals surface area (Å²) in [4.78, 5) is 5.54. The molecule has 0 aliphatic rings. The number of hydrogen-bond donors (Lipinski definition) is 1. The van der Waals surface area contributed by atoms with E-state index in [1.54, 1.807) is 17.4 Å². The van der Waals surface area contributed by atoms with Crippen molar-refractivity contribution < 1.29 is 0 Å². The highest BCUT2D eigenvalue weighted by molar-refractivity contribution is 7.15. The topological polar surface area (TPSA) is 24.9 Å². The lowest BCUT2D eigenvalue weighted by atomic mass is 10.2. The Kier molecular flexibility index (Phi) is 3.82. The maximum absolute atomic E-state index is 5.95. The number of aromatic nitrogens is 1. The van der Waals surface area contributed by atoms with E-state index in [1.807, 2.05) is 25.4 Å². The van der Waals surface area contributed by atoms with Gasteiger partial charge in [-0.15, -0.1) is 11.3 Å². The van der Waals surface area contributed by atoms with Gasteiger partial charge in [0.25, 0.3) is 0 Å². The van der Waals surface area contributed by atoms with E-state index in [0.717, 1.165) is 17.1 Å². The zero-order valence-corrected chi connectivity index (χ0v) is 11.0. The average molecular weight is 273 g/mol. The molecule has 0 fully saturated rings. The van der Waals surface area contributed by atoms with Crippen molar-refractivity contribution in [3.8, 4) is 10.6 Å². The van der Waals surface area contributed by atoms with Crippen LogP contribution in [0.2, 0.25) is 10.0 Å². The van der Waals surface area contributed by atoms with E-state index in [0.29, 0.717) is 10.0 Å². The molecule has 0 atom stereocenters. The van der Waals surface area contributed by atoms with Crippen LogP contribution >= 0.6 is 34.5 Å². The maximum atomic E-state index is 5.95. The van der Waals surface area contributed by atoms with Crippen LogP contribution in [0.4, 0.5) is 0 Å². The Morgan fingerprint density at radius 3 is 2.56 bits per heavy atom. The molecule has 1 N–H and O–H groups in total. The normalized spacial score (nSPS) is 10.7.